The highest BCUT2D eigenvalue weighted by Gasteiger charge is 2.38. The second kappa shape index (κ2) is 6.98. The molecule has 134 valence electrons. The standard InChI is InChI=1S/C17H13F3N4O2/c1-16(26,10-24-5-4-11(7-21)9-24)15(25)23-13-3-2-12(8-22)14(6-13)17(18,19)20/h2-6,9,11,26H,10H2,1H3/p+1/t11?,16-/m0/s1. The van der Waals surface area contributed by atoms with Crippen molar-refractivity contribution in [3.63, 3.8) is 0 Å². The number of allylic oxidation sites excluding steroid dienone is 1. The number of carbonyl (C=O) groups excluding carboxylic acids is 1. The summed E-state index contributed by atoms with van der Waals surface area (Å²) >= 11 is 0. The predicted octanol–water partition coefficient (Wildman–Crippen LogP) is 2.02. The summed E-state index contributed by atoms with van der Waals surface area (Å²) in [5.41, 5.74) is -3.87. The summed E-state index contributed by atoms with van der Waals surface area (Å²) in [5, 5.41) is 30.1. The van der Waals surface area contributed by atoms with Crippen LogP contribution in [0.5, 0.6) is 0 Å². The first kappa shape index (κ1) is 19.2. The average Bonchev–Trinajstić information content (AvgIpc) is 3.00. The van der Waals surface area contributed by atoms with Crippen LogP contribution in [0.4, 0.5) is 18.9 Å². The molecule has 6 nitrogen and oxygen atoms in total. The fourth-order valence-electron chi connectivity index (χ4n) is 2.34. The van der Waals surface area contributed by atoms with E-state index in [0.717, 1.165) is 12.1 Å². The number of aliphatic hydroxyl groups is 1. The molecule has 0 spiro atoms. The van der Waals surface area contributed by atoms with Crippen molar-refractivity contribution in [3.8, 4) is 12.1 Å². The maximum atomic E-state index is 13.0. The number of β-amino-alcohol motifs (C(OH)–C–C–N with tert-alkyl or cyclic N) is 1. The largest absolute Gasteiger partial charge is 0.417 e. The summed E-state index contributed by atoms with van der Waals surface area (Å²) in [6.45, 7) is 1.02. The van der Waals surface area contributed by atoms with Crippen LogP contribution in [0.15, 0.2) is 30.5 Å². The van der Waals surface area contributed by atoms with E-state index in [1.807, 2.05) is 6.07 Å². The molecule has 2 atom stereocenters. The lowest BCUT2D eigenvalue weighted by Crippen LogP contribution is -2.46. The molecule has 0 radical (unpaired) electrons. The van der Waals surface area contributed by atoms with E-state index in [0.29, 0.717) is 6.07 Å². The predicted molar refractivity (Wildman–Crippen MR) is 84.8 cm³/mol. The van der Waals surface area contributed by atoms with Gasteiger partial charge in [0.2, 0.25) is 0 Å². The van der Waals surface area contributed by atoms with Gasteiger partial charge in [0.15, 0.2) is 24.6 Å². The van der Waals surface area contributed by atoms with Gasteiger partial charge >= 0.3 is 6.18 Å². The summed E-state index contributed by atoms with van der Waals surface area (Å²) in [5.74, 6) is -1.39. The number of halogens is 3. The number of anilines is 1. The Hall–Kier alpha value is -3.17. The summed E-state index contributed by atoms with van der Waals surface area (Å²) in [6.07, 6.45) is -0.148. The number of amides is 1. The lowest BCUT2D eigenvalue weighted by atomic mass is 10.0. The number of benzene rings is 1. The normalized spacial score (nSPS) is 18.4. The number of hydrogen-bond acceptors (Lipinski definition) is 4. The molecule has 9 heteroatoms. The average molecular weight is 363 g/mol. The number of carbonyl (C=O) groups is 1. The first-order valence-electron chi connectivity index (χ1n) is 7.40. The minimum Gasteiger partial charge on any atom is -0.375 e. The van der Waals surface area contributed by atoms with Crippen molar-refractivity contribution >= 4 is 17.8 Å². The van der Waals surface area contributed by atoms with Gasteiger partial charge in [-0.05, 0) is 25.1 Å². The third kappa shape index (κ3) is 4.26. The van der Waals surface area contributed by atoms with Gasteiger partial charge in [-0.2, -0.15) is 23.7 Å². The lowest BCUT2D eigenvalue weighted by Gasteiger charge is -2.20. The highest BCUT2D eigenvalue weighted by atomic mass is 19.4. The van der Waals surface area contributed by atoms with Crippen LogP contribution in [0.1, 0.15) is 18.1 Å². The van der Waals surface area contributed by atoms with Crippen LogP contribution in [0.2, 0.25) is 0 Å². The summed E-state index contributed by atoms with van der Waals surface area (Å²) in [4.78, 5) is 12.3. The topological polar surface area (TPSA) is 99.9 Å². The van der Waals surface area contributed by atoms with Gasteiger partial charge in [-0.15, -0.1) is 0 Å². The Morgan fingerprint density at radius 2 is 2.08 bits per heavy atom. The highest BCUT2D eigenvalue weighted by molar-refractivity contribution is 5.97. The van der Waals surface area contributed by atoms with Crippen LogP contribution in [0, 0.1) is 28.6 Å². The number of nitrogens with one attached hydrogen (secondary N) is 1. The van der Waals surface area contributed by atoms with Gasteiger partial charge in [0.25, 0.3) is 5.91 Å². The minimum atomic E-state index is -4.75. The Bertz CT molecular complexity index is 873. The number of nitrogens with zero attached hydrogens (tertiary/aromatic N) is 3. The van der Waals surface area contributed by atoms with Crippen molar-refractivity contribution in [2.24, 2.45) is 5.92 Å². The van der Waals surface area contributed by atoms with Crippen molar-refractivity contribution < 1.29 is 27.6 Å². The van der Waals surface area contributed by atoms with Crippen molar-refractivity contribution in [3.05, 3.63) is 41.6 Å². The van der Waals surface area contributed by atoms with Crippen LogP contribution in [0.25, 0.3) is 0 Å². The summed E-state index contributed by atoms with van der Waals surface area (Å²) in [6, 6.07) is 6.16. The molecular formula is C17H14F3N4O2+. The molecule has 26 heavy (non-hydrogen) atoms. The van der Waals surface area contributed by atoms with E-state index < -0.39 is 34.7 Å². The Labute approximate surface area is 147 Å². The quantitative estimate of drug-likeness (QED) is 0.800. The monoisotopic (exact) mass is 363 g/mol. The molecule has 1 aromatic rings. The van der Waals surface area contributed by atoms with Crippen LogP contribution >= 0.6 is 0 Å². The Morgan fingerprint density at radius 1 is 1.38 bits per heavy atom. The van der Waals surface area contributed by atoms with Crippen molar-refractivity contribution in [1.29, 1.82) is 10.5 Å². The van der Waals surface area contributed by atoms with E-state index >= 15 is 0 Å². The molecular weight excluding hydrogens is 349 g/mol. The van der Waals surface area contributed by atoms with Gasteiger partial charge in [0, 0.05) is 11.8 Å². The number of nitriles is 2. The van der Waals surface area contributed by atoms with Gasteiger partial charge in [-0.25, -0.2) is 4.58 Å². The zero-order valence-electron chi connectivity index (χ0n) is 13.6. The second-order valence-corrected chi connectivity index (χ2v) is 5.92. The molecule has 0 aliphatic carbocycles. The van der Waals surface area contributed by atoms with E-state index in [-0.39, 0.29) is 12.2 Å². The molecule has 1 aliphatic heterocycles. The zero-order valence-corrected chi connectivity index (χ0v) is 13.6. The smallest absolute Gasteiger partial charge is 0.375 e. The molecule has 1 aliphatic rings. The van der Waals surface area contributed by atoms with Crippen molar-refractivity contribution in [2.75, 3.05) is 11.9 Å². The molecule has 1 aromatic carbocycles. The van der Waals surface area contributed by atoms with Gasteiger partial charge < -0.3 is 10.4 Å². The van der Waals surface area contributed by atoms with E-state index in [1.165, 1.54) is 30.0 Å². The Morgan fingerprint density at radius 3 is 2.62 bits per heavy atom. The second-order valence-electron chi connectivity index (χ2n) is 5.92. The van der Waals surface area contributed by atoms with Crippen LogP contribution < -0.4 is 5.32 Å². The van der Waals surface area contributed by atoms with Gasteiger partial charge in [-0.3, -0.25) is 4.79 Å². The van der Waals surface area contributed by atoms with Gasteiger partial charge in [-0.1, -0.05) is 0 Å². The van der Waals surface area contributed by atoms with Crippen LogP contribution in [-0.4, -0.2) is 33.9 Å². The van der Waals surface area contributed by atoms with Gasteiger partial charge in [0.05, 0.1) is 23.3 Å². The Kier molecular flexibility index (Phi) is 5.15. The fraction of sp³-hybridized carbons (Fsp3) is 0.294. The van der Waals surface area contributed by atoms with E-state index in [2.05, 4.69) is 5.32 Å². The highest BCUT2D eigenvalue weighted by Crippen LogP contribution is 2.33. The maximum Gasteiger partial charge on any atom is 0.417 e. The molecule has 0 aromatic heterocycles. The van der Waals surface area contributed by atoms with Gasteiger partial charge in [0.1, 0.15) is 5.92 Å². The molecule has 2 rings (SSSR count). The van der Waals surface area contributed by atoms with Crippen LogP contribution in [0.3, 0.4) is 0 Å². The molecule has 0 saturated carbocycles. The van der Waals surface area contributed by atoms with E-state index in [1.54, 1.807) is 6.08 Å². The molecule has 0 bridgehead atoms. The third-order valence-corrected chi connectivity index (χ3v) is 3.67. The van der Waals surface area contributed by atoms with E-state index in [9.17, 15) is 23.1 Å². The molecule has 2 N–H and O–H groups in total. The summed E-state index contributed by atoms with van der Waals surface area (Å²) in [7, 11) is 0. The number of rotatable bonds is 4. The third-order valence-electron chi connectivity index (χ3n) is 3.67. The molecule has 0 saturated heterocycles. The molecule has 1 heterocycles. The van der Waals surface area contributed by atoms with Crippen molar-refractivity contribution in [1.82, 2.24) is 0 Å². The molecule has 1 unspecified atom stereocenters. The number of alkyl halides is 3. The molecule has 0 fully saturated rings. The zero-order chi connectivity index (χ0) is 19.5. The minimum absolute atomic E-state index is 0.185. The SMILES string of the molecule is C[C@](O)(C[N+]1=CC(C#N)C=C1)C(=O)Nc1ccc(C#N)c(C(F)(F)F)c1. The maximum absolute atomic E-state index is 13.0. The first-order chi connectivity index (χ1) is 12.1. The number of hydrogen-bond donors (Lipinski definition) is 2. The van der Waals surface area contributed by atoms with Crippen LogP contribution in [-0.2, 0) is 11.0 Å². The van der Waals surface area contributed by atoms with Crippen molar-refractivity contribution in [2.45, 2.75) is 18.7 Å². The Balaban J connectivity index is 2.18. The first-order valence-corrected chi connectivity index (χ1v) is 7.40. The fourth-order valence-corrected chi connectivity index (χ4v) is 2.34. The molecule has 1 amide bonds. The summed E-state index contributed by atoms with van der Waals surface area (Å²) < 4.78 is 40.4. The lowest BCUT2D eigenvalue weighted by molar-refractivity contribution is -0.467. The van der Waals surface area contributed by atoms with E-state index in [4.69, 9.17) is 10.5 Å².